The molecular formula is C17H31IN4. The SMILES string of the molecule is CN=C(NCCc1ccccc1)NCC(C)(C)CN(C)C.I. The molecule has 0 aliphatic rings. The third-order valence-corrected chi connectivity index (χ3v) is 3.25. The van der Waals surface area contributed by atoms with Crippen molar-refractivity contribution in [3.05, 3.63) is 35.9 Å². The number of aliphatic imine (C=N–C) groups is 1. The molecule has 0 bridgehead atoms. The van der Waals surface area contributed by atoms with Gasteiger partial charge in [0.2, 0.25) is 0 Å². The van der Waals surface area contributed by atoms with Crippen LogP contribution in [0.5, 0.6) is 0 Å². The lowest BCUT2D eigenvalue weighted by molar-refractivity contribution is 0.241. The molecule has 0 fully saturated rings. The largest absolute Gasteiger partial charge is 0.356 e. The van der Waals surface area contributed by atoms with E-state index in [1.54, 1.807) is 0 Å². The highest BCUT2D eigenvalue weighted by Gasteiger charge is 2.19. The van der Waals surface area contributed by atoms with E-state index in [-0.39, 0.29) is 29.4 Å². The van der Waals surface area contributed by atoms with Gasteiger partial charge < -0.3 is 15.5 Å². The first-order chi connectivity index (χ1) is 9.93. The second-order valence-electron chi connectivity index (χ2n) is 6.49. The van der Waals surface area contributed by atoms with Crippen molar-refractivity contribution in [1.29, 1.82) is 0 Å². The maximum atomic E-state index is 4.28. The minimum absolute atomic E-state index is 0. The Kier molecular flexibility index (Phi) is 10.4. The fourth-order valence-electron chi connectivity index (χ4n) is 2.43. The number of hydrogen-bond donors (Lipinski definition) is 2. The Balaban J connectivity index is 0.00000441. The third kappa shape index (κ3) is 9.25. The van der Waals surface area contributed by atoms with Crippen LogP contribution in [0.15, 0.2) is 35.3 Å². The van der Waals surface area contributed by atoms with Crippen LogP contribution in [0.4, 0.5) is 0 Å². The molecule has 0 heterocycles. The highest BCUT2D eigenvalue weighted by molar-refractivity contribution is 14.0. The van der Waals surface area contributed by atoms with Crippen LogP contribution < -0.4 is 10.6 Å². The number of hydrogen-bond acceptors (Lipinski definition) is 2. The van der Waals surface area contributed by atoms with Gasteiger partial charge in [0.1, 0.15) is 0 Å². The van der Waals surface area contributed by atoms with Crippen molar-refractivity contribution in [1.82, 2.24) is 15.5 Å². The molecule has 0 aromatic heterocycles. The average molecular weight is 418 g/mol. The van der Waals surface area contributed by atoms with Crippen LogP contribution in [-0.2, 0) is 6.42 Å². The summed E-state index contributed by atoms with van der Waals surface area (Å²) in [6.07, 6.45) is 1.00. The van der Waals surface area contributed by atoms with Crippen molar-refractivity contribution in [3.8, 4) is 0 Å². The van der Waals surface area contributed by atoms with E-state index in [9.17, 15) is 0 Å². The van der Waals surface area contributed by atoms with E-state index in [4.69, 9.17) is 0 Å². The Hall–Kier alpha value is -0.820. The summed E-state index contributed by atoms with van der Waals surface area (Å²) in [4.78, 5) is 6.50. The molecular weight excluding hydrogens is 387 g/mol. The standard InChI is InChI=1S/C17H30N4.HI/c1-17(2,14-21(4)5)13-20-16(18-3)19-12-11-15-9-7-6-8-10-15;/h6-10H,11-14H2,1-5H3,(H2,18,19,20);1H. The highest BCUT2D eigenvalue weighted by atomic mass is 127. The fourth-order valence-corrected chi connectivity index (χ4v) is 2.43. The molecule has 0 unspecified atom stereocenters. The number of guanidine groups is 1. The topological polar surface area (TPSA) is 39.7 Å². The lowest BCUT2D eigenvalue weighted by atomic mass is 9.93. The Labute approximate surface area is 152 Å². The summed E-state index contributed by atoms with van der Waals surface area (Å²) in [6, 6.07) is 10.5. The Morgan fingerprint density at radius 2 is 1.77 bits per heavy atom. The first kappa shape index (κ1) is 21.2. The molecule has 0 radical (unpaired) electrons. The average Bonchev–Trinajstić information content (AvgIpc) is 2.42. The molecule has 1 aromatic rings. The summed E-state index contributed by atoms with van der Waals surface area (Å²) < 4.78 is 0. The summed E-state index contributed by atoms with van der Waals surface area (Å²) >= 11 is 0. The monoisotopic (exact) mass is 418 g/mol. The van der Waals surface area contributed by atoms with Gasteiger partial charge in [0.05, 0.1) is 0 Å². The predicted octanol–water partition coefficient (Wildman–Crippen LogP) is 2.60. The van der Waals surface area contributed by atoms with Crippen molar-refractivity contribution < 1.29 is 0 Å². The summed E-state index contributed by atoms with van der Waals surface area (Å²) in [6.45, 7) is 7.35. The summed E-state index contributed by atoms with van der Waals surface area (Å²) in [5.41, 5.74) is 1.55. The van der Waals surface area contributed by atoms with Crippen LogP contribution in [0.3, 0.4) is 0 Å². The molecule has 0 aliphatic heterocycles. The van der Waals surface area contributed by atoms with Gasteiger partial charge >= 0.3 is 0 Å². The molecule has 1 aromatic carbocycles. The number of benzene rings is 1. The Bertz CT molecular complexity index is 430. The van der Waals surface area contributed by atoms with Crippen molar-refractivity contribution in [2.45, 2.75) is 20.3 Å². The third-order valence-electron chi connectivity index (χ3n) is 3.25. The summed E-state index contributed by atoms with van der Waals surface area (Å²) in [5, 5.41) is 6.78. The van der Waals surface area contributed by atoms with Crippen molar-refractivity contribution in [3.63, 3.8) is 0 Å². The minimum Gasteiger partial charge on any atom is -0.356 e. The van der Waals surface area contributed by atoms with Gasteiger partial charge in [-0.1, -0.05) is 44.2 Å². The van der Waals surface area contributed by atoms with E-state index in [0.29, 0.717) is 0 Å². The van der Waals surface area contributed by atoms with Gasteiger partial charge in [0, 0.05) is 26.7 Å². The number of halogens is 1. The zero-order valence-electron chi connectivity index (χ0n) is 14.5. The van der Waals surface area contributed by atoms with Crippen LogP contribution >= 0.6 is 24.0 Å². The van der Waals surface area contributed by atoms with Crippen LogP contribution in [0.25, 0.3) is 0 Å². The molecule has 0 saturated heterocycles. The maximum absolute atomic E-state index is 4.28. The van der Waals surface area contributed by atoms with Crippen LogP contribution in [0, 0.1) is 5.41 Å². The molecule has 0 amide bonds. The fraction of sp³-hybridized carbons (Fsp3) is 0.588. The predicted molar refractivity (Wildman–Crippen MR) is 107 cm³/mol. The smallest absolute Gasteiger partial charge is 0.191 e. The van der Waals surface area contributed by atoms with Gasteiger partial charge in [0.15, 0.2) is 5.96 Å². The summed E-state index contributed by atoms with van der Waals surface area (Å²) in [7, 11) is 6.03. The van der Waals surface area contributed by atoms with Gasteiger partial charge in [-0.3, -0.25) is 4.99 Å². The van der Waals surface area contributed by atoms with Gasteiger partial charge in [-0.25, -0.2) is 0 Å². The van der Waals surface area contributed by atoms with Gasteiger partial charge in [0.25, 0.3) is 0 Å². The first-order valence-corrected chi connectivity index (χ1v) is 7.56. The van der Waals surface area contributed by atoms with Crippen LogP contribution in [-0.4, -0.2) is 51.6 Å². The van der Waals surface area contributed by atoms with Crippen LogP contribution in [0.1, 0.15) is 19.4 Å². The van der Waals surface area contributed by atoms with E-state index in [1.165, 1.54) is 5.56 Å². The molecule has 126 valence electrons. The molecule has 5 heteroatoms. The quantitative estimate of drug-likeness (QED) is 0.406. The molecule has 22 heavy (non-hydrogen) atoms. The summed E-state index contributed by atoms with van der Waals surface area (Å²) in [5.74, 6) is 0.873. The van der Waals surface area contributed by atoms with Crippen molar-refractivity contribution in [2.24, 2.45) is 10.4 Å². The van der Waals surface area contributed by atoms with E-state index in [1.807, 2.05) is 13.1 Å². The zero-order chi connectivity index (χ0) is 15.7. The minimum atomic E-state index is 0. The highest BCUT2D eigenvalue weighted by Crippen LogP contribution is 2.13. The van der Waals surface area contributed by atoms with Crippen LogP contribution in [0.2, 0.25) is 0 Å². The van der Waals surface area contributed by atoms with Gasteiger partial charge in [-0.05, 0) is 31.5 Å². The first-order valence-electron chi connectivity index (χ1n) is 7.56. The maximum Gasteiger partial charge on any atom is 0.191 e. The number of nitrogens with zero attached hydrogens (tertiary/aromatic N) is 2. The normalized spacial score (nSPS) is 12.0. The molecule has 4 nitrogen and oxygen atoms in total. The molecule has 1 rings (SSSR count). The van der Waals surface area contributed by atoms with E-state index in [0.717, 1.165) is 32.0 Å². The second kappa shape index (κ2) is 10.8. The number of nitrogens with one attached hydrogen (secondary N) is 2. The zero-order valence-corrected chi connectivity index (χ0v) is 16.8. The molecule has 0 saturated carbocycles. The second-order valence-corrected chi connectivity index (χ2v) is 6.49. The molecule has 0 aliphatic carbocycles. The Morgan fingerprint density at radius 1 is 1.14 bits per heavy atom. The van der Waals surface area contributed by atoms with E-state index < -0.39 is 0 Å². The molecule has 2 N–H and O–H groups in total. The van der Waals surface area contributed by atoms with Gasteiger partial charge in [-0.2, -0.15) is 0 Å². The lowest BCUT2D eigenvalue weighted by Gasteiger charge is -2.29. The molecule has 0 spiro atoms. The van der Waals surface area contributed by atoms with E-state index in [2.05, 4.69) is 72.7 Å². The van der Waals surface area contributed by atoms with Crippen molar-refractivity contribution in [2.75, 3.05) is 40.8 Å². The lowest BCUT2D eigenvalue weighted by Crippen LogP contribution is -2.45. The van der Waals surface area contributed by atoms with Gasteiger partial charge in [-0.15, -0.1) is 24.0 Å². The van der Waals surface area contributed by atoms with Crippen molar-refractivity contribution >= 4 is 29.9 Å². The molecule has 0 atom stereocenters. The number of rotatable bonds is 7. The Morgan fingerprint density at radius 3 is 2.32 bits per heavy atom. The van der Waals surface area contributed by atoms with E-state index >= 15 is 0 Å².